The fourth-order valence-corrected chi connectivity index (χ4v) is 0. The van der Waals surface area contributed by atoms with Crippen molar-refractivity contribution >= 4 is 17.4 Å². The van der Waals surface area contributed by atoms with Gasteiger partial charge in [0, 0.05) is 56.0 Å². The van der Waals surface area contributed by atoms with Crippen molar-refractivity contribution in [3.05, 3.63) is 0 Å². The summed E-state index contributed by atoms with van der Waals surface area (Å²) >= 11 is 0. The van der Waals surface area contributed by atoms with E-state index in [1.54, 1.807) is 0 Å². The van der Waals surface area contributed by atoms with E-state index in [0.717, 1.165) is 0 Å². The van der Waals surface area contributed by atoms with Gasteiger partial charge in [0.05, 0.1) is 0 Å². The standard InChI is InChI=1S/Al.Cu.Rh.Zn.3H. The maximum absolute atomic E-state index is 0. The van der Waals surface area contributed by atoms with Crippen molar-refractivity contribution in [2.45, 2.75) is 0 Å². The summed E-state index contributed by atoms with van der Waals surface area (Å²) in [6.07, 6.45) is 0. The average Bonchev–Trinajstić information content (AvgIpc) is 0. The maximum atomic E-state index is 0. The summed E-state index contributed by atoms with van der Waals surface area (Å²) in [7, 11) is 0. The van der Waals surface area contributed by atoms with Crippen LogP contribution in [0.3, 0.4) is 0 Å². The van der Waals surface area contributed by atoms with Crippen LogP contribution in [0.1, 0.15) is 0 Å². The first-order valence-electron chi connectivity index (χ1n) is 0. The molecule has 28 valence electrons. The zero-order chi connectivity index (χ0) is 0. The van der Waals surface area contributed by atoms with Crippen LogP contribution in [0.25, 0.3) is 0 Å². The Labute approximate surface area is 72.6 Å². The van der Waals surface area contributed by atoms with E-state index in [0.29, 0.717) is 0 Å². The van der Waals surface area contributed by atoms with Gasteiger partial charge in [0.15, 0.2) is 17.4 Å². The molecule has 0 aliphatic rings. The molecule has 0 spiro atoms. The van der Waals surface area contributed by atoms with Gasteiger partial charge in [0.2, 0.25) is 0 Å². The SMILES string of the molecule is [AlH3].[Cu].[Rh].[Zn]. The van der Waals surface area contributed by atoms with E-state index in [1.807, 2.05) is 0 Å². The van der Waals surface area contributed by atoms with Gasteiger partial charge in [-0.3, -0.25) is 0 Å². The molecule has 0 atom stereocenters. The van der Waals surface area contributed by atoms with Crippen molar-refractivity contribution in [1.29, 1.82) is 0 Å². The minimum absolute atomic E-state index is 0. The fourth-order valence-electron chi connectivity index (χ4n) is 0. The van der Waals surface area contributed by atoms with Crippen LogP contribution in [0.4, 0.5) is 0 Å². The normalized spacial score (nSPS) is 0. The maximum Gasteiger partial charge on any atom is 0.187 e. The third-order valence-corrected chi connectivity index (χ3v) is 0. The second-order valence-electron chi connectivity index (χ2n) is 0. The van der Waals surface area contributed by atoms with Crippen LogP contribution in [0.15, 0.2) is 0 Å². The predicted molar refractivity (Wildman–Crippen MR) is 9.94 cm³/mol. The molecule has 4 heteroatoms. The van der Waals surface area contributed by atoms with Gasteiger partial charge in [-0.15, -0.1) is 0 Å². The first-order chi connectivity index (χ1) is 0. The van der Waals surface area contributed by atoms with Crippen molar-refractivity contribution in [2.75, 3.05) is 0 Å². The van der Waals surface area contributed by atoms with Gasteiger partial charge in [-0.05, 0) is 0 Å². The third kappa shape index (κ3) is 8.85. The smallest absolute Gasteiger partial charge is 0 e. The average molecular weight is 262 g/mol. The molecule has 0 rings (SSSR count). The Morgan fingerprint density at radius 3 is 1.00 bits per heavy atom. The molecule has 0 saturated heterocycles. The molecule has 0 aromatic heterocycles. The van der Waals surface area contributed by atoms with Crippen LogP contribution in [-0.4, -0.2) is 17.4 Å². The fraction of sp³-hybridized carbons (Fsp3) is 0. The van der Waals surface area contributed by atoms with Crippen LogP contribution >= 0.6 is 0 Å². The Hall–Kier alpha value is 2.30. The Bertz CT molecular complexity index is 8.00. The van der Waals surface area contributed by atoms with Gasteiger partial charge < -0.3 is 0 Å². The molecule has 0 N–H and O–H groups in total. The van der Waals surface area contributed by atoms with Gasteiger partial charge in [-0.2, -0.15) is 0 Å². The van der Waals surface area contributed by atoms with Gasteiger partial charge in [-0.25, -0.2) is 0 Å². The summed E-state index contributed by atoms with van der Waals surface area (Å²) in [5.74, 6) is 0. The topological polar surface area (TPSA) is 0 Å². The van der Waals surface area contributed by atoms with E-state index < -0.39 is 0 Å². The molecule has 0 bridgehead atoms. The van der Waals surface area contributed by atoms with Crippen molar-refractivity contribution in [3.8, 4) is 0 Å². The third-order valence-electron chi connectivity index (χ3n) is 0. The molecule has 0 nitrogen and oxygen atoms in total. The van der Waals surface area contributed by atoms with E-state index in [-0.39, 0.29) is 73.4 Å². The van der Waals surface area contributed by atoms with E-state index in [1.165, 1.54) is 0 Å². The molecule has 0 heterocycles. The molecule has 0 aromatic rings. The summed E-state index contributed by atoms with van der Waals surface area (Å²) in [6.45, 7) is 0. The van der Waals surface area contributed by atoms with Gasteiger partial charge >= 0.3 is 0 Å². The molecule has 4 heavy (non-hydrogen) atoms. The molecule has 0 saturated carbocycles. The second kappa shape index (κ2) is 18.5. The molecule has 0 aliphatic heterocycles. The summed E-state index contributed by atoms with van der Waals surface area (Å²) < 4.78 is 0. The van der Waals surface area contributed by atoms with Crippen molar-refractivity contribution in [1.82, 2.24) is 0 Å². The van der Waals surface area contributed by atoms with Crippen LogP contribution < -0.4 is 0 Å². The molecule has 0 aliphatic carbocycles. The second-order valence-corrected chi connectivity index (χ2v) is 0. The molecule has 0 unspecified atom stereocenters. The van der Waals surface area contributed by atoms with Gasteiger partial charge in [0.25, 0.3) is 0 Å². The van der Waals surface area contributed by atoms with Crippen LogP contribution in [-0.2, 0) is 56.0 Å². The Balaban J connectivity index is 0. The summed E-state index contributed by atoms with van der Waals surface area (Å²) in [6, 6.07) is 0. The Morgan fingerprint density at radius 2 is 1.00 bits per heavy atom. The van der Waals surface area contributed by atoms with Crippen LogP contribution in [0, 0.1) is 0 Å². The molecular weight excluding hydrogens is 259 g/mol. The first kappa shape index (κ1) is 33.5. The summed E-state index contributed by atoms with van der Waals surface area (Å²) in [4.78, 5) is 0. The largest absolute Gasteiger partial charge is 0.187 e. The zero-order valence-corrected chi connectivity index (χ0v) is 6.89. The first-order valence-corrected chi connectivity index (χ1v) is 0. The predicted octanol–water partition coefficient (Wildman–Crippen LogP) is -1.19. The van der Waals surface area contributed by atoms with Crippen molar-refractivity contribution in [3.63, 3.8) is 0 Å². The van der Waals surface area contributed by atoms with Crippen molar-refractivity contribution < 1.29 is 56.0 Å². The summed E-state index contributed by atoms with van der Waals surface area (Å²) in [5.41, 5.74) is 0. The number of rotatable bonds is 0. The van der Waals surface area contributed by atoms with E-state index >= 15 is 0 Å². The summed E-state index contributed by atoms with van der Waals surface area (Å²) in [5, 5.41) is 0. The number of hydrogen-bond donors (Lipinski definition) is 0. The monoisotopic (exact) mass is 260 g/mol. The van der Waals surface area contributed by atoms with Crippen LogP contribution in [0.2, 0.25) is 0 Å². The molecule has 0 fully saturated rings. The molecular formula is H3AlCuRhZn. The Morgan fingerprint density at radius 1 is 1.00 bits per heavy atom. The van der Waals surface area contributed by atoms with Crippen LogP contribution in [0.5, 0.6) is 0 Å². The van der Waals surface area contributed by atoms with E-state index in [2.05, 4.69) is 0 Å². The molecule has 0 amide bonds. The van der Waals surface area contributed by atoms with Crippen molar-refractivity contribution in [2.24, 2.45) is 0 Å². The zero-order valence-electron chi connectivity index (χ0n) is 1.34. The Kier molecular flexibility index (Phi) is 155. The van der Waals surface area contributed by atoms with Gasteiger partial charge in [0.1, 0.15) is 0 Å². The van der Waals surface area contributed by atoms with E-state index in [4.69, 9.17) is 0 Å². The quantitative estimate of drug-likeness (QED) is 0.481. The number of hydrogen-bond acceptors (Lipinski definition) is 0. The van der Waals surface area contributed by atoms with E-state index in [9.17, 15) is 0 Å². The molecule has 2 radical (unpaired) electrons. The minimum Gasteiger partial charge on any atom is 0 e. The minimum atomic E-state index is 0. The van der Waals surface area contributed by atoms with Gasteiger partial charge in [-0.1, -0.05) is 0 Å². The molecule has 0 aromatic carbocycles.